The highest BCUT2D eigenvalue weighted by Crippen LogP contribution is 2.37. The molecule has 1 saturated heterocycles. The molecule has 1 N–H and O–H groups in total. The third-order valence-corrected chi connectivity index (χ3v) is 5.77. The van der Waals surface area contributed by atoms with E-state index in [-0.39, 0.29) is 5.91 Å². The maximum atomic E-state index is 12.9. The number of hydrogen-bond acceptors (Lipinski definition) is 3. The average molecular weight is 425 g/mol. The maximum Gasteiger partial charge on any atom is 0.259 e. The zero-order chi connectivity index (χ0) is 18.8. The lowest BCUT2D eigenvalue weighted by molar-refractivity contribution is 0.102. The van der Waals surface area contributed by atoms with Crippen molar-refractivity contribution in [3.63, 3.8) is 0 Å². The molecule has 1 aliphatic rings. The van der Waals surface area contributed by atoms with Gasteiger partial charge in [0.2, 0.25) is 0 Å². The standard InChI is InChI=1S/C22H21BrN2O2/c1-27-21-19(14-15-6-2-3-7-18(15)20(21)23)22(26)24-16-8-10-17(11-9-16)25-12-4-5-13-25/h2-3,6-11,14H,4-5,12-13H2,1H3,(H,24,26). The summed E-state index contributed by atoms with van der Waals surface area (Å²) < 4.78 is 6.30. The number of carbonyl (C=O) groups is 1. The van der Waals surface area contributed by atoms with Crippen LogP contribution in [-0.2, 0) is 0 Å². The molecule has 0 aliphatic carbocycles. The first kappa shape index (κ1) is 17.9. The quantitative estimate of drug-likeness (QED) is 0.603. The summed E-state index contributed by atoms with van der Waals surface area (Å²) in [5, 5.41) is 4.98. The fourth-order valence-corrected chi connectivity index (χ4v) is 4.32. The molecule has 5 heteroatoms. The lowest BCUT2D eigenvalue weighted by Crippen LogP contribution is -2.17. The van der Waals surface area contributed by atoms with Crippen molar-refractivity contribution in [1.82, 2.24) is 0 Å². The van der Waals surface area contributed by atoms with E-state index in [9.17, 15) is 4.79 Å². The predicted octanol–water partition coefficient (Wildman–Crippen LogP) is 5.46. The van der Waals surface area contributed by atoms with Gasteiger partial charge in [-0.15, -0.1) is 0 Å². The van der Waals surface area contributed by atoms with E-state index in [1.807, 2.05) is 42.5 Å². The summed E-state index contributed by atoms with van der Waals surface area (Å²) >= 11 is 3.58. The molecule has 0 aromatic heterocycles. The van der Waals surface area contributed by atoms with Gasteiger partial charge in [0.25, 0.3) is 5.91 Å². The fourth-order valence-electron chi connectivity index (χ4n) is 3.58. The van der Waals surface area contributed by atoms with Gasteiger partial charge < -0.3 is 15.0 Å². The van der Waals surface area contributed by atoms with Gasteiger partial charge in [-0.05, 0) is 69.9 Å². The highest BCUT2D eigenvalue weighted by atomic mass is 79.9. The van der Waals surface area contributed by atoms with Gasteiger partial charge in [0.05, 0.1) is 17.1 Å². The number of methoxy groups -OCH3 is 1. The number of anilines is 2. The molecule has 0 radical (unpaired) electrons. The SMILES string of the molecule is COc1c(C(=O)Nc2ccc(N3CCCC3)cc2)cc2ccccc2c1Br. The maximum absolute atomic E-state index is 12.9. The number of ether oxygens (including phenoxy) is 1. The molecule has 3 aromatic rings. The van der Waals surface area contributed by atoms with Gasteiger partial charge in [-0.3, -0.25) is 4.79 Å². The summed E-state index contributed by atoms with van der Waals surface area (Å²) in [5.74, 6) is 0.354. The number of rotatable bonds is 4. The van der Waals surface area contributed by atoms with Gasteiger partial charge >= 0.3 is 0 Å². The second kappa shape index (κ2) is 7.61. The Balaban J connectivity index is 1.61. The molecule has 1 amide bonds. The first-order chi connectivity index (χ1) is 13.2. The van der Waals surface area contributed by atoms with Gasteiger partial charge in [0, 0.05) is 24.5 Å². The smallest absolute Gasteiger partial charge is 0.259 e. The van der Waals surface area contributed by atoms with Gasteiger partial charge in [0.1, 0.15) is 5.75 Å². The Morgan fingerprint density at radius 1 is 1.07 bits per heavy atom. The van der Waals surface area contributed by atoms with E-state index in [4.69, 9.17) is 4.74 Å². The third kappa shape index (κ3) is 3.52. The van der Waals surface area contributed by atoms with Crippen molar-refractivity contribution in [2.45, 2.75) is 12.8 Å². The van der Waals surface area contributed by atoms with Gasteiger partial charge in [-0.25, -0.2) is 0 Å². The number of nitrogens with one attached hydrogen (secondary N) is 1. The molecular weight excluding hydrogens is 404 g/mol. The van der Waals surface area contributed by atoms with Crippen LogP contribution in [0, 0.1) is 0 Å². The summed E-state index contributed by atoms with van der Waals surface area (Å²) in [5.41, 5.74) is 2.48. The molecule has 0 spiro atoms. The van der Waals surface area contributed by atoms with Crippen LogP contribution in [-0.4, -0.2) is 26.1 Å². The number of halogens is 1. The summed E-state index contributed by atoms with van der Waals surface area (Å²) in [7, 11) is 1.58. The Bertz CT molecular complexity index is 980. The zero-order valence-corrected chi connectivity index (χ0v) is 16.8. The van der Waals surface area contributed by atoms with Crippen molar-refractivity contribution in [3.8, 4) is 5.75 Å². The lowest BCUT2D eigenvalue weighted by Gasteiger charge is -2.18. The second-order valence-corrected chi connectivity index (χ2v) is 7.48. The largest absolute Gasteiger partial charge is 0.495 e. The molecule has 3 aromatic carbocycles. The molecule has 27 heavy (non-hydrogen) atoms. The van der Waals surface area contributed by atoms with E-state index in [1.165, 1.54) is 18.5 Å². The van der Waals surface area contributed by atoms with Gasteiger partial charge in [0.15, 0.2) is 0 Å². The lowest BCUT2D eigenvalue weighted by atomic mass is 10.1. The van der Waals surface area contributed by atoms with Gasteiger partial charge in [-0.1, -0.05) is 24.3 Å². The van der Waals surface area contributed by atoms with Crippen LogP contribution in [0.15, 0.2) is 59.1 Å². The van der Waals surface area contributed by atoms with Crippen molar-refractivity contribution in [3.05, 3.63) is 64.6 Å². The Hall–Kier alpha value is -2.53. The van der Waals surface area contributed by atoms with Crippen molar-refractivity contribution in [2.24, 2.45) is 0 Å². The Labute approximate surface area is 167 Å². The van der Waals surface area contributed by atoms with Crippen LogP contribution in [0.3, 0.4) is 0 Å². The van der Waals surface area contributed by atoms with Crippen LogP contribution >= 0.6 is 15.9 Å². The number of fused-ring (bicyclic) bond motifs is 1. The molecule has 0 bridgehead atoms. The monoisotopic (exact) mass is 424 g/mol. The second-order valence-electron chi connectivity index (χ2n) is 6.69. The molecule has 4 nitrogen and oxygen atoms in total. The highest BCUT2D eigenvalue weighted by Gasteiger charge is 2.18. The molecule has 1 aliphatic heterocycles. The molecule has 1 heterocycles. The summed E-state index contributed by atoms with van der Waals surface area (Å²) in [6.07, 6.45) is 2.49. The van der Waals surface area contributed by atoms with E-state index in [0.29, 0.717) is 11.3 Å². The van der Waals surface area contributed by atoms with Crippen LogP contribution in [0.4, 0.5) is 11.4 Å². The van der Waals surface area contributed by atoms with Crippen LogP contribution in [0.2, 0.25) is 0 Å². The van der Waals surface area contributed by atoms with Crippen molar-refractivity contribution in [1.29, 1.82) is 0 Å². The Kier molecular flexibility index (Phi) is 5.03. The van der Waals surface area contributed by atoms with Crippen LogP contribution in [0.1, 0.15) is 23.2 Å². The van der Waals surface area contributed by atoms with Crippen molar-refractivity contribution in [2.75, 3.05) is 30.4 Å². The van der Waals surface area contributed by atoms with E-state index in [0.717, 1.165) is 34.0 Å². The first-order valence-electron chi connectivity index (χ1n) is 9.09. The average Bonchev–Trinajstić information content (AvgIpc) is 3.23. The zero-order valence-electron chi connectivity index (χ0n) is 15.2. The van der Waals surface area contributed by atoms with Crippen LogP contribution < -0.4 is 15.0 Å². The molecular formula is C22H21BrN2O2. The third-order valence-electron chi connectivity index (χ3n) is 4.99. The van der Waals surface area contributed by atoms with Crippen molar-refractivity contribution < 1.29 is 9.53 Å². The van der Waals surface area contributed by atoms with Crippen molar-refractivity contribution >= 4 is 44.0 Å². The minimum Gasteiger partial charge on any atom is -0.495 e. The summed E-state index contributed by atoms with van der Waals surface area (Å²) in [4.78, 5) is 15.3. The highest BCUT2D eigenvalue weighted by molar-refractivity contribution is 9.10. The number of amides is 1. The molecule has 1 fully saturated rings. The first-order valence-corrected chi connectivity index (χ1v) is 9.88. The number of nitrogens with zero attached hydrogens (tertiary/aromatic N) is 1. The predicted molar refractivity (Wildman–Crippen MR) is 114 cm³/mol. The molecule has 4 rings (SSSR count). The normalized spacial score (nSPS) is 13.8. The van der Waals surface area contributed by atoms with E-state index in [1.54, 1.807) is 7.11 Å². The number of hydrogen-bond donors (Lipinski definition) is 1. The van der Waals surface area contributed by atoms with Crippen LogP contribution in [0.25, 0.3) is 10.8 Å². The van der Waals surface area contributed by atoms with Crippen LogP contribution in [0.5, 0.6) is 5.75 Å². The molecule has 138 valence electrons. The van der Waals surface area contributed by atoms with E-state index in [2.05, 4.69) is 38.3 Å². The van der Waals surface area contributed by atoms with Gasteiger partial charge in [-0.2, -0.15) is 0 Å². The van der Waals surface area contributed by atoms with E-state index < -0.39 is 0 Å². The molecule has 0 unspecified atom stereocenters. The molecule has 0 saturated carbocycles. The Morgan fingerprint density at radius 2 is 1.78 bits per heavy atom. The Morgan fingerprint density at radius 3 is 2.48 bits per heavy atom. The minimum absolute atomic E-state index is 0.188. The minimum atomic E-state index is -0.188. The number of carbonyl (C=O) groups excluding carboxylic acids is 1. The summed E-state index contributed by atoms with van der Waals surface area (Å²) in [6.45, 7) is 2.21. The molecule has 0 atom stereocenters. The topological polar surface area (TPSA) is 41.6 Å². The summed E-state index contributed by atoms with van der Waals surface area (Å²) in [6, 6.07) is 17.8. The van der Waals surface area contributed by atoms with E-state index >= 15 is 0 Å². The number of benzene rings is 3. The fraction of sp³-hybridized carbons (Fsp3) is 0.227.